The second kappa shape index (κ2) is 9.92. The number of aromatic nitrogens is 2. The summed E-state index contributed by atoms with van der Waals surface area (Å²) < 4.78 is 0. The van der Waals surface area contributed by atoms with Crippen molar-refractivity contribution in [1.29, 1.82) is 0 Å². The zero-order chi connectivity index (χ0) is 18.1. The van der Waals surface area contributed by atoms with Gasteiger partial charge in [0, 0.05) is 11.4 Å². The van der Waals surface area contributed by atoms with Crippen molar-refractivity contribution in [3.05, 3.63) is 52.8 Å². The molecule has 1 aromatic carbocycles. The van der Waals surface area contributed by atoms with Crippen LogP contribution in [0.2, 0.25) is 0 Å². The first-order chi connectivity index (χ1) is 12.2. The number of hydrogen-bond donors (Lipinski definition) is 1. The van der Waals surface area contributed by atoms with E-state index in [1.54, 1.807) is 0 Å². The summed E-state index contributed by atoms with van der Waals surface area (Å²) >= 11 is 0. The van der Waals surface area contributed by atoms with Crippen molar-refractivity contribution < 1.29 is 0 Å². The zero-order valence-corrected chi connectivity index (χ0v) is 16.0. The first-order valence-corrected chi connectivity index (χ1v) is 9.42. The lowest BCUT2D eigenvalue weighted by Gasteiger charge is -2.08. The molecule has 2 aromatic rings. The summed E-state index contributed by atoms with van der Waals surface area (Å²) in [6, 6.07) is 10.6. The van der Waals surface area contributed by atoms with Crippen LogP contribution in [0.3, 0.4) is 0 Å². The van der Waals surface area contributed by atoms with Crippen LogP contribution in [0.4, 0.5) is 5.95 Å². The molecule has 0 aliphatic rings. The lowest BCUT2D eigenvalue weighted by atomic mass is 10.1. The van der Waals surface area contributed by atoms with Gasteiger partial charge in [0.1, 0.15) is 0 Å². The minimum absolute atomic E-state index is 0.599. The minimum atomic E-state index is 0.599. The normalized spacial score (nSPS) is 11.6. The minimum Gasteiger partial charge on any atom is -0.245 e. The highest BCUT2D eigenvalue weighted by Gasteiger charge is 2.05. The van der Waals surface area contributed by atoms with Gasteiger partial charge in [0.15, 0.2) is 0 Å². The molecule has 4 nitrogen and oxygen atoms in total. The van der Waals surface area contributed by atoms with Crippen molar-refractivity contribution >= 4 is 11.7 Å². The van der Waals surface area contributed by atoms with Gasteiger partial charge < -0.3 is 0 Å². The number of nitrogens with one attached hydrogen (secondary N) is 1. The van der Waals surface area contributed by atoms with Crippen LogP contribution in [0.1, 0.15) is 69.5 Å². The van der Waals surface area contributed by atoms with Crippen molar-refractivity contribution in [2.45, 2.75) is 66.2 Å². The predicted molar refractivity (Wildman–Crippen MR) is 106 cm³/mol. The Balaban J connectivity index is 2.14. The molecule has 134 valence electrons. The Morgan fingerprint density at radius 1 is 0.960 bits per heavy atom. The fourth-order valence-electron chi connectivity index (χ4n) is 2.65. The number of hydrazone groups is 1. The quantitative estimate of drug-likeness (QED) is 0.507. The summed E-state index contributed by atoms with van der Waals surface area (Å²) in [5.74, 6) is 0.599. The van der Waals surface area contributed by atoms with Crippen LogP contribution in [0.15, 0.2) is 35.4 Å². The van der Waals surface area contributed by atoms with Gasteiger partial charge in [-0.15, -0.1) is 0 Å². The number of rotatable bonds is 9. The van der Waals surface area contributed by atoms with Gasteiger partial charge in [-0.05, 0) is 49.8 Å². The number of aryl methyl sites for hydroxylation is 3. The fraction of sp³-hybridized carbons (Fsp3) is 0.476. The number of anilines is 1. The molecule has 0 aliphatic carbocycles. The smallest absolute Gasteiger partial charge is 0.243 e. The summed E-state index contributed by atoms with van der Waals surface area (Å²) in [7, 11) is 0. The molecule has 0 atom stereocenters. The van der Waals surface area contributed by atoms with Gasteiger partial charge in [-0.2, -0.15) is 5.10 Å². The average molecular weight is 338 g/mol. The van der Waals surface area contributed by atoms with E-state index in [2.05, 4.69) is 71.6 Å². The Bertz CT molecular complexity index is 690. The van der Waals surface area contributed by atoms with E-state index in [1.807, 2.05) is 6.92 Å². The maximum atomic E-state index is 4.62. The van der Waals surface area contributed by atoms with E-state index >= 15 is 0 Å². The Labute approximate surface area is 151 Å². The summed E-state index contributed by atoms with van der Waals surface area (Å²) in [6.45, 7) is 8.53. The summed E-state index contributed by atoms with van der Waals surface area (Å²) in [6.07, 6.45) is 6.40. The van der Waals surface area contributed by atoms with E-state index in [4.69, 9.17) is 0 Å². The molecular weight excluding hydrogens is 308 g/mol. The molecule has 4 heteroatoms. The van der Waals surface area contributed by atoms with E-state index in [0.29, 0.717) is 5.95 Å². The summed E-state index contributed by atoms with van der Waals surface area (Å²) in [5, 5.41) is 4.48. The monoisotopic (exact) mass is 338 g/mol. The third-order valence-electron chi connectivity index (χ3n) is 4.23. The van der Waals surface area contributed by atoms with Crippen molar-refractivity contribution in [3.8, 4) is 0 Å². The van der Waals surface area contributed by atoms with Gasteiger partial charge in [-0.1, -0.05) is 57.9 Å². The van der Waals surface area contributed by atoms with Crippen LogP contribution in [0.25, 0.3) is 0 Å². The van der Waals surface area contributed by atoms with Crippen LogP contribution in [0.5, 0.6) is 0 Å². The third kappa shape index (κ3) is 5.96. The molecule has 0 spiro atoms. The lowest BCUT2D eigenvalue weighted by molar-refractivity contribution is 0.765. The molecule has 0 aliphatic heterocycles. The molecular formula is C21H30N4. The van der Waals surface area contributed by atoms with Crippen LogP contribution in [-0.4, -0.2) is 15.7 Å². The van der Waals surface area contributed by atoms with Gasteiger partial charge >= 0.3 is 0 Å². The predicted octanol–water partition coefficient (Wildman–Crippen LogP) is 5.17. The van der Waals surface area contributed by atoms with E-state index in [1.165, 1.54) is 12.0 Å². The average Bonchev–Trinajstić information content (AvgIpc) is 2.64. The highest BCUT2D eigenvalue weighted by Crippen LogP contribution is 2.11. The van der Waals surface area contributed by atoms with E-state index in [-0.39, 0.29) is 0 Å². The van der Waals surface area contributed by atoms with Gasteiger partial charge in [0.2, 0.25) is 5.95 Å². The molecule has 0 fully saturated rings. The molecule has 1 aromatic heterocycles. The lowest BCUT2D eigenvalue weighted by Crippen LogP contribution is -2.06. The molecule has 1 N–H and O–H groups in total. The second-order valence-corrected chi connectivity index (χ2v) is 6.39. The highest BCUT2D eigenvalue weighted by molar-refractivity contribution is 5.99. The summed E-state index contributed by atoms with van der Waals surface area (Å²) in [5.41, 5.74) is 8.62. The van der Waals surface area contributed by atoms with Gasteiger partial charge in [0.05, 0.1) is 5.71 Å². The molecule has 1 heterocycles. The molecule has 0 saturated heterocycles. The third-order valence-corrected chi connectivity index (χ3v) is 4.23. The largest absolute Gasteiger partial charge is 0.245 e. The first kappa shape index (κ1) is 19.1. The van der Waals surface area contributed by atoms with Crippen LogP contribution in [-0.2, 0) is 19.3 Å². The Hall–Kier alpha value is -2.23. The summed E-state index contributed by atoms with van der Waals surface area (Å²) in [4.78, 5) is 9.21. The SMILES string of the molecule is CCCCc1cc(CCC)nc(NN=C(C)c2ccc(CC)cc2)n1. The van der Waals surface area contributed by atoms with E-state index in [0.717, 1.165) is 54.8 Å². The van der Waals surface area contributed by atoms with Gasteiger partial charge in [-0.25, -0.2) is 15.4 Å². The topological polar surface area (TPSA) is 50.2 Å². The zero-order valence-electron chi connectivity index (χ0n) is 16.0. The first-order valence-electron chi connectivity index (χ1n) is 9.42. The van der Waals surface area contributed by atoms with E-state index < -0.39 is 0 Å². The Kier molecular flexibility index (Phi) is 7.58. The molecule has 0 radical (unpaired) electrons. The Morgan fingerprint density at radius 2 is 1.64 bits per heavy atom. The molecule has 0 amide bonds. The Morgan fingerprint density at radius 3 is 2.24 bits per heavy atom. The van der Waals surface area contributed by atoms with Crippen molar-refractivity contribution in [2.24, 2.45) is 5.10 Å². The molecule has 2 rings (SSSR count). The highest BCUT2D eigenvalue weighted by atomic mass is 15.4. The van der Waals surface area contributed by atoms with Crippen LogP contribution >= 0.6 is 0 Å². The van der Waals surface area contributed by atoms with Crippen molar-refractivity contribution in [1.82, 2.24) is 9.97 Å². The van der Waals surface area contributed by atoms with Crippen molar-refractivity contribution in [3.63, 3.8) is 0 Å². The molecule has 0 unspecified atom stereocenters. The number of benzene rings is 1. The molecule has 25 heavy (non-hydrogen) atoms. The molecule has 0 bridgehead atoms. The maximum Gasteiger partial charge on any atom is 0.243 e. The number of hydrogen-bond acceptors (Lipinski definition) is 4. The standard InChI is InChI=1S/C21H30N4/c1-5-8-10-20-15-19(9-6-2)22-21(23-20)25-24-16(4)18-13-11-17(7-3)12-14-18/h11-15H,5-10H2,1-4H3,(H,22,23,25). The van der Waals surface area contributed by atoms with Gasteiger partial charge in [0.25, 0.3) is 0 Å². The molecule has 0 saturated carbocycles. The maximum absolute atomic E-state index is 4.62. The second-order valence-electron chi connectivity index (χ2n) is 6.39. The van der Waals surface area contributed by atoms with E-state index in [9.17, 15) is 0 Å². The van der Waals surface area contributed by atoms with Crippen LogP contribution < -0.4 is 5.43 Å². The number of nitrogens with zero attached hydrogens (tertiary/aromatic N) is 3. The van der Waals surface area contributed by atoms with Gasteiger partial charge in [-0.3, -0.25) is 0 Å². The van der Waals surface area contributed by atoms with Crippen LogP contribution in [0, 0.1) is 0 Å². The fourth-order valence-corrected chi connectivity index (χ4v) is 2.65. The van der Waals surface area contributed by atoms with Crippen molar-refractivity contribution in [2.75, 3.05) is 5.43 Å². The number of unbranched alkanes of at least 4 members (excludes halogenated alkanes) is 1.